The minimum absolute atomic E-state index is 0.144. The zero-order valence-electron chi connectivity index (χ0n) is 20.2. The molecule has 4 rings (SSSR count). The van der Waals surface area contributed by atoms with Crippen molar-refractivity contribution in [3.8, 4) is 11.5 Å². The zero-order valence-corrected chi connectivity index (χ0v) is 20.9. The van der Waals surface area contributed by atoms with E-state index in [1.807, 2.05) is 29.8 Å². The maximum absolute atomic E-state index is 11.9. The predicted octanol–water partition coefficient (Wildman–Crippen LogP) is 3.47. The van der Waals surface area contributed by atoms with Gasteiger partial charge in [-0.15, -0.1) is 0 Å². The molecule has 2 aromatic carbocycles. The van der Waals surface area contributed by atoms with Gasteiger partial charge in [-0.3, -0.25) is 14.6 Å². The van der Waals surface area contributed by atoms with Crippen molar-refractivity contribution in [2.24, 2.45) is 17.8 Å². The highest BCUT2D eigenvalue weighted by molar-refractivity contribution is 6.38. The molecule has 4 N–H and O–H groups in total. The van der Waals surface area contributed by atoms with Crippen molar-refractivity contribution in [3.05, 3.63) is 53.7 Å². The lowest BCUT2D eigenvalue weighted by Crippen LogP contribution is -2.44. The molecule has 3 aromatic rings. The fourth-order valence-corrected chi connectivity index (χ4v) is 4.10. The SMILES string of the molecule is COc1cc2c(cc1OC1(CCNC(C)=O)C=CN=C(C(N)=O)C1)nc(Nc1ccc(Cl)cc1)n2C. The molecule has 11 heteroatoms. The minimum atomic E-state index is -0.977. The Balaban J connectivity index is 1.68. The number of nitrogens with two attached hydrogens (primary N) is 1. The van der Waals surface area contributed by atoms with Crippen LogP contribution in [0.5, 0.6) is 11.5 Å². The molecule has 1 aromatic heterocycles. The van der Waals surface area contributed by atoms with Crippen LogP contribution >= 0.6 is 11.6 Å². The smallest absolute Gasteiger partial charge is 0.263 e. The van der Waals surface area contributed by atoms with Crippen LogP contribution in [-0.4, -0.2) is 46.3 Å². The third kappa shape index (κ3) is 5.44. The second-order valence-electron chi connectivity index (χ2n) is 8.45. The van der Waals surface area contributed by atoms with E-state index in [0.29, 0.717) is 41.0 Å². The Morgan fingerprint density at radius 1 is 1.22 bits per heavy atom. The summed E-state index contributed by atoms with van der Waals surface area (Å²) in [5.74, 6) is 0.741. The van der Waals surface area contributed by atoms with Gasteiger partial charge in [0.1, 0.15) is 11.3 Å². The second kappa shape index (κ2) is 10.3. The summed E-state index contributed by atoms with van der Waals surface area (Å²) in [6, 6.07) is 10.9. The van der Waals surface area contributed by atoms with E-state index in [9.17, 15) is 9.59 Å². The van der Waals surface area contributed by atoms with Gasteiger partial charge in [0, 0.05) is 62.4 Å². The number of ether oxygens (including phenoxy) is 2. The first-order valence-corrected chi connectivity index (χ1v) is 11.6. The topological polar surface area (TPSA) is 133 Å². The van der Waals surface area contributed by atoms with E-state index in [2.05, 4.69) is 15.6 Å². The fraction of sp³-hybridized carbons (Fsp3) is 0.280. The standard InChI is InChI=1S/C25H27ClN6O4/c1-15(33)28-10-8-25(9-11-29-19(14-25)23(27)34)36-22-12-18-20(13-21(22)35-3)32(2)24(31-18)30-17-6-4-16(26)5-7-17/h4-7,9,11-13H,8,10,14H2,1-3H3,(H2,27,34)(H,28,33)(H,30,31). The van der Waals surface area contributed by atoms with Gasteiger partial charge in [0.25, 0.3) is 5.91 Å². The van der Waals surface area contributed by atoms with Crippen LogP contribution < -0.4 is 25.8 Å². The average molecular weight is 511 g/mol. The Labute approximate surface area is 213 Å². The number of fused-ring (bicyclic) bond motifs is 1. The third-order valence-corrected chi connectivity index (χ3v) is 6.11. The van der Waals surface area contributed by atoms with Gasteiger partial charge in [0.15, 0.2) is 11.5 Å². The number of aromatic nitrogens is 2. The Hall–Kier alpha value is -4.05. The lowest BCUT2D eigenvalue weighted by molar-refractivity contribution is -0.119. The van der Waals surface area contributed by atoms with Gasteiger partial charge in [-0.1, -0.05) is 11.6 Å². The van der Waals surface area contributed by atoms with Crippen LogP contribution in [0.25, 0.3) is 11.0 Å². The number of amides is 2. The molecule has 0 fully saturated rings. The molecule has 1 aliphatic rings. The zero-order chi connectivity index (χ0) is 25.9. The van der Waals surface area contributed by atoms with Crippen LogP contribution in [0.15, 0.2) is 53.7 Å². The number of primary amides is 1. The van der Waals surface area contributed by atoms with Crippen LogP contribution in [0, 0.1) is 0 Å². The number of imidazole rings is 1. The normalized spacial score (nSPS) is 16.9. The lowest BCUT2D eigenvalue weighted by atomic mass is 9.90. The number of aliphatic imine (C=N–C) groups is 1. The van der Waals surface area contributed by atoms with E-state index in [1.54, 1.807) is 31.4 Å². The number of rotatable bonds is 9. The van der Waals surface area contributed by atoms with Crippen molar-refractivity contribution < 1.29 is 19.1 Å². The van der Waals surface area contributed by atoms with E-state index in [0.717, 1.165) is 11.2 Å². The van der Waals surface area contributed by atoms with Gasteiger partial charge in [-0.25, -0.2) is 4.98 Å². The molecule has 0 radical (unpaired) electrons. The van der Waals surface area contributed by atoms with Crippen molar-refractivity contribution in [2.75, 3.05) is 19.0 Å². The molecule has 36 heavy (non-hydrogen) atoms. The molecule has 10 nitrogen and oxygen atoms in total. The number of nitrogens with one attached hydrogen (secondary N) is 2. The van der Waals surface area contributed by atoms with E-state index in [-0.39, 0.29) is 18.0 Å². The van der Waals surface area contributed by atoms with Crippen LogP contribution in [0.1, 0.15) is 19.8 Å². The summed E-state index contributed by atoms with van der Waals surface area (Å²) in [4.78, 5) is 32.1. The van der Waals surface area contributed by atoms with Crippen LogP contribution in [0.2, 0.25) is 5.02 Å². The largest absolute Gasteiger partial charge is 0.493 e. The molecule has 0 bridgehead atoms. The quantitative estimate of drug-likeness (QED) is 0.403. The summed E-state index contributed by atoms with van der Waals surface area (Å²) in [5.41, 5.74) is 7.04. The molecule has 1 unspecified atom stereocenters. The monoisotopic (exact) mass is 510 g/mol. The molecule has 2 heterocycles. The summed E-state index contributed by atoms with van der Waals surface area (Å²) in [6.07, 6.45) is 3.78. The summed E-state index contributed by atoms with van der Waals surface area (Å²) in [6.45, 7) is 1.77. The first kappa shape index (κ1) is 25.1. The molecule has 0 saturated heterocycles. The number of halogens is 1. The van der Waals surface area contributed by atoms with E-state index >= 15 is 0 Å². The molecular weight excluding hydrogens is 484 g/mol. The number of anilines is 2. The minimum Gasteiger partial charge on any atom is -0.493 e. The van der Waals surface area contributed by atoms with Gasteiger partial charge >= 0.3 is 0 Å². The maximum Gasteiger partial charge on any atom is 0.263 e. The molecule has 0 aliphatic carbocycles. The molecular formula is C25H27ClN6O4. The van der Waals surface area contributed by atoms with Gasteiger partial charge in [-0.05, 0) is 30.3 Å². The summed E-state index contributed by atoms with van der Waals surface area (Å²) >= 11 is 5.99. The summed E-state index contributed by atoms with van der Waals surface area (Å²) in [5, 5.41) is 6.70. The molecule has 188 valence electrons. The summed E-state index contributed by atoms with van der Waals surface area (Å²) in [7, 11) is 3.44. The fourth-order valence-electron chi connectivity index (χ4n) is 3.98. The van der Waals surface area contributed by atoms with Crippen LogP contribution in [-0.2, 0) is 16.6 Å². The third-order valence-electron chi connectivity index (χ3n) is 5.86. The summed E-state index contributed by atoms with van der Waals surface area (Å²) < 4.78 is 14.0. The van der Waals surface area contributed by atoms with E-state index in [4.69, 9.17) is 31.8 Å². The van der Waals surface area contributed by atoms with E-state index < -0.39 is 11.5 Å². The first-order chi connectivity index (χ1) is 17.2. The molecule has 0 saturated carbocycles. The Bertz CT molecular complexity index is 1370. The Morgan fingerprint density at radius 3 is 2.64 bits per heavy atom. The van der Waals surface area contributed by atoms with Crippen molar-refractivity contribution >= 4 is 51.8 Å². The molecule has 1 aliphatic heterocycles. The molecule has 0 spiro atoms. The second-order valence-corrected chi connectivity index (χ2v) is 8.89. The van der Waals surface area contributed by atoms with E-state index in [1.165, 1.54) is 13.1 Å². The number of methoxy groups -OCH3 is 1. The average Bonchev–Trinajstić information content (AvgIpc) is 3.13. The Kier molecular flexibility index (Phi) is 7.16. The number of hydrogen-bond acceptors (Lipinski definition) is 7. The van der Waals surface area contributed by atoms with Gasteiger partial charge in [0.2, 0.25) is 11.9 Å². The number of benzene rings is 2. The number of nitrogens with zero attached hydrogens (tertiary/aromatic N) is 3. The maximum atomic E-state index is 11.9. The van der Waals surface area contributed by atoms with Gasteiger partial charge in [0.05, 0.1) is 18.1 Å². The first-order valence-electron chi connectivity index (χ1n) is 11.2. The highest BCUT2D eigenvalue weighted by Crippen LogP contribution is 2.38. The van der Waals surface area contributed by atoms with Crippen molar-refractivity contribution in [3.63, 3.8) is 0 Å². The Morgan fingerprint density at radius 2 is 1.97 bits per heavy atom. The van der Waals surface area contributed by atoms with Crippen molar-refractivity contribution in [1.29, 1.82) is 0 Å². The number of aryl methyl sites for hydroxylation is 1. The lowest BCUT2D eigenvalue weighted by Gasteiger charge is -2.34. The van der Waals surface area contributed by atoms with Crippen molar-refractivity contribution in [2.45, 2.75) is 25.4 Å². The highest BCUT2D eigenvalue weighted by atomic mass is 35.5. The van der Waals surface area contributed by atoms with Gasteiger partial charge < -0.3 is 30.4 Å². The number of hydrogen-bond donors (Lipinski definition) is 3. The number of carbonyl (C=O) groups is 2. The molecule has 1 atom stereocenters. The molecule has 2 amide bonds. The number of carbonyl (C=O) groups excluding carboxylic acids is 2. The predicted molar refractivity (Wildman–Crippen MR) is 139 cm³/mol. The van der Waals surface area contributed by atoms with Crippen LogP contribution in [0.3, 0.4) is 0 Å². The van der Waals surface area contributed by atoms with Crippen LogP contribution in [0.4, 0.5) is 11.6 Å². The van der Waals surface area contributed by atoms with Crippen molar-refractivity contribution in [1.82, 2.24) is 14.9 Å². The van der Waals surface area contributed by atoms with Gasteiger partial charge in [-0.2, -0.15) is 0 Å². The highest BCUT2D eigenvalue weighted by Gasteiger charge is 2.36.